The molecule has 0 atom stereocenters. The van der Waals surface area contributed by atoms with Crippen LogP contribution in [0.15, 0.2) is 30.6 Å². The van der Waals surface area contributed by atoms with Gasteiger partial charge in [-0.3, -0.25) is 9.48 Å². The van der Waals surface area contributed by atoms with Gasteiger partial charge in [-0.05, 0) is 47.7 Å². The maximum Gasteiger partial charge on any atom is 0.265 e. The highest BCUT2D eigenvalue weighted by molar-refractivity contribution is 14.1. The lowest BCUT2D eigenvalue weighted by Crippen LogP contribution is -2.38. The topological polar surface area (TPSA) is 47.4 Å². The average Bonchev–Trinajstić information content (AvgIpc) is 2.90. The smallest absolute Gasteiger partial charge is 0.265 e. The van der Waals surface area contributed by atoms with Gasteiger partial charge in [-0.2, -0.15) is 5.10 Å². The summed E-state index contributed by atoms with van der Waals surface area (Å²) in [5, 5.41) is 4.24. The average molecular weight is 383 g/mol. The van der Waals surface area contributed by atoms with Gasteiger partial charge in [-0.25, -0.2) is 0 Å². The van der Waals surface area contributed by atoms with Gasteiger partial charge >= 0.3 is 0 Å². The van der Waals surface area contributed by atoms with Crippen molar-refractivity contribution >= 4 is 34.2 Å². The number of aryl methyl sites for hydroxylation is 1. The van der Waals surface area contributed by atoms with E-state index in [1.54, 1.807) is 11.1 Å². The van der Waals surface area contributed by atoms with E-state index in [1.807, 2.05) is 36.0 Å². The van der Waals surface area contributed by atoms with Crippen molar-refractivity contribution in [1.29, 1.82) is 0 Å². The van der Waals surface area contributed by atoms with E-state index in [4.69, 9.17) is 4.74 Å². The third-order valence-electron chi connectivity index (χ3n) is 3.22. The van der Waals surface area contributed by atoms with Crippen molar-refractivity contribution in [1.82, 2.24) is 9.78 Å². The quantitative estimate of drug-likeness (QED) is 0.766. The summed E-state index contributed by atoms with van der Waals surface area (Å²) in [6.07, 6.45) is 3.77. The molecule has 2 aromatic rings. The zero-order valence-corrected chi connectivity index (χ0v) is 13.2. The highest BCUT2D eigenvalue weighted by atomic mass is 127. The number of fused-ring (bicyclic) bond motifs is 1. The molecular weight excluding hydrogens is 369 g/mol. The molecule has 0 saturated carbocycles. The van der Waals surface area contributed by atoms with Gasteiger partial charge in [0.2, 0.25) is 0 Å². The Morgan fingerprint density at radius 2 is 2.30 bits per heavy atom. The summed E-state index contributed by atoms with van der Waals surface area (Å²) >= 11 is 2.23. The molecule has 2 heterocycles. The lowest BCUT2D eigenvalue weighted by molar-refractivity contribution is -0.121. The first-order valence-electron chi connectivity index (χ1n) is 6.41. The maximum atomic E-state index is 12.1. The molecule has 1 aromatic carbocycles. The van der Waals surface area contributed by atoms with Crippen LogP contribution in [-0.2, 0) is 17.9 Å². The predicted octanol–water partition coefficient (Wildman–Crippen LogP) is 2.43. The summed E-state index contributed by atoms with van der Waals surface area (Å²) in [5.74, 6) is 0.738. The molecule has 0 spiro atoms. The Bertz CT molecular complexity index is 654. The number of halogens is 1. The molecule has 0 radical (unpaired) electrons. The van der Waals surface area contributed by atoms with Gasteiger partial charge < -0.3 is 9.64 Å². The van der Waals surface area contributed by atoms with Crippen molar-refractivity contribution in [3.63, 3.8) is 0 Å². The minimum atomic E-state index is -0.0250. The second-order valence-corrected chi connectivity index (χ2v) is 5.83. The molecule has 0 fully saturated rings. The second kappa shape index (κ2) is 5.43. The van der Waals surface area contributed by atoms with E-state index in [9.17, 15) is 4.79 Å². The number of carbonyl (C=O) groups is 1. The summed E-state index contributed by atoms with van der Waals surface area (Å²) in [5.41, 5.74) is 1.84. The van der Waals surface area contributed by atoms with Gasteiger partial charge in [0.25, 0.3) is 5.91 Å². The maximum absolute atomic E-state index is 12.1. The molecule has 5 nitrogen and oxygen atoms in total. The molecular formula is C14H14IN3O2. The highest BCUT2D eigenvalue weighted by Crippen LogP contribution is 2.34. The molecule has 6 heteroatoms. The number of carbonyl (C=O) groups excluding carboxylic acids is 1. The van der Waals surface area contributed by atoms with Crippen molar-refractivity contribution < 1.29 is 9.53 Å². The Kier molecular flexibility index (Phi) is 3.64. The fourth-order valence-corrected chi connectivity index (χ4v) is 2.66. The summed E-state index contributed by atoms with van der Waals surface area (Å²) in [7, 11) is 0. The van der Waals surface area contributed by atoms with Gasteiger partial charge in [-0.15, -0.1) is 0 Å². The molecule has 1 aromatic heterocycles. The van der Waals surface area contributed by atoms with Crippen LogP contribution >= 0.6 is 22.6 Å². The first kappa shape index (κ1) is 13.4. The Morgan fingerprint density at radius 1 is 1.45 bits per heavy atom. The first-order valence-corrected chi connectivity index (χ1v) is 7.49. The molecule has 0 bridgehead atoms. The molecule has 1 aliphatic heterocycles. The van der Waals surface area contributed by atoms with E-state index in [-0.39, 0.29) is 12.5 Å². The van der Waals surface area contributed by atoms with Gasteiger partial charge in [-0.1, -0.05) is 0 Å². The van der Waals surface area contributed by atoms with Crippen LogP contribution in [0.5, 0.6) is 5.75 Å². The third-order valence-corrected chi connectivity index (χ3v) is 3.89. The number of hydrogen-bond acceptors (Lipinski definition) is 3. The van der Waals surface area contributed by atoms with Crippen LogP contribution < -0.4 is 9.64 Å². The van der Waals surface area contributed by atoms with Crippen LogP contribution in [-0.4, -0.2) is 22.3 Å². The molecule has 1 aliphatic rings. The number of anilines is 1. The number of benzene rings is 1. The number of hydrogen-bond donors (Lipinski definition) is 0. The Labute approximate surface area is 130 Å². The fraction of sp³-hybridized carbons (Fsp3) is 0.286. The van der Waals surface area contributed by atoms with E-state index < -0.39 is 0 Å². The van der Waals surface area contributed by atoms with Crippen molar-refractivity contribution in [2.45, 2.75) is 20.0 Å². The van der Waals surface area contributed by atoms with E-state index in [0.29, 0.717) is 6.54 Å². The zero-order chi connectivity index (χ0) is 14.1. The highest BCUT2D eigenvalue weighted by Gasteiger charge is 2.25. The summed E-state index contributed by atoms with van der Waals surface area (Å²) in [6.45, 7) is 3.48. The predicted molar refractivity (Wildman–Crippen MR) is 83.7 cm³/mol. The largest absolute Gasteiger partial charge is 0.482 e. The zero-order valence-electron chi connectivity index (χ0n) is 11.0. The Balaban J connectivity index is 1.90. The van der Waals surface area contributed by atoms with Gasteiger partial charge in [0, 0.05) is 21.9 Å². The van der Waals surface area contributed by atoms with Crippen molar-refractivity contribution in [2.75, 3.05) is 11.5 Å². The van der Waals surface area contributed by atoms with Crippen molar-refractivity contribution in [2.24, 2.45) is 0 Å². The van der Waals surface area contributed by atoms with Crippen LogP contribution in [0.2, 0.25) is 0 Å². The SMILES string of the molecule is CCn1cc(CN2C(=O)COc3cc(I)ccc32)cn1. The number of amides is 1. The second-order valence-electron chi connectivity index (χ2n) is 4.58. The van der Waals surface area contributed by atoms with Gasteiger partial charge in [0.15, 0.2) is 6.61 Å². The Morgan fingerprint density at radius 3 is 3.05 bits per heavy atom. The molecule has 0 aliphatic carbocycles. The van der Waals surface area contributed by atoms with E-state index in [0.717, 1.165) is 27.1 Å². The van der Waals surface area contributed by atoms with E-state index in [1.165, 1.54) is 0 Å². The van der Waals surface area contributed by atoms with Crippen LogP contribution in [0.25, 0.3) is 0 Å². The van der Waals surface area contributed by atoms with Crippen molar-refractivity contribution in [3.8, 4) is 5.75 Å². The molecule has 0 unspecified atom stereocenters. The third kappa shape index (κ3) is 2.52. The van der Waals surface area contributed by atoms with Crippen molar-refractivity contribution in [3.05, 3.63) is 39.7 Å². The molecule has 0 saturated heterocycles. The summed E-state index contributed by atoms with van der Waals surface area (Å²) in [6, 6.07) is 5.85. The summed E-state index contributed by atoms with van der Waals surface area (Å²) in [4.78, 5) is 13.9. The Hall–Kier alpha value is -1.57. The molecule has 3 rings (SSSR count). The van der Waals surface area contributed by atoms with Crippen LogP contribution in [0.4, 0.5) is 5.69 Å². The van der Waals surface area contributed by atoms with Crippen LogP contribution in [0, 0.1) is 3.57 Å². The normalized spacial score (nSPS) is 14.1. The minimum Gasteiger partial charge on any atom is -0.482 e. The lowest BCUT2D eigenvalue weighted by Gasteiger charge is -2.29. The minimum absolute atomic E-state index is 0.0250. The first-order chi connectivity index (χ1) is 9.67. The summed E-state index contributed by atoms with van der Waals surface area (Å²) < 4.78 is 8.44. The van der Waals surface area contributed by atoms with Crippen LogP contribution in [0.3, 0.4) is 0 Å². The molecule has 104 valence electrons. The number of nitrogens with zero attached hydrogens (tertiary/aromatic N) is 3. The monoisotopic (exact) mass is 383 g/mol. The fourth-order valence-electron chi connectivity index (χ4n) is 2.20. The molecule has 20 heavy (non-hydrogen) atoms. The van der Waals surface area contributed by atoms with E-state index in [2.05, 4.69) is 27.7 Å². The lowest BCUT2D eigenvalue weighted by atomic mass is 10.2. The molecule has 0 N–H and O–H groups in total. The number of aromatic nitrogens is 2. The van der Waals surface area contributed by atoms with E-state index >= 15 is 0 Å². The number of rotatable bonds is 3. The van der Waals surface area contributed by atoms with Gasteiger partial charge in [0.1, 0.15) is 5.75 Å². The number of ether oxygens (including phenoxy) is 1. The molecule has 1 amide bonds. The standard InChI is InChI=1S/C14H14IN3O2/c1-2-17-7-10(6-16-17)8-18-12-4-3-11(15)5-13(12)20-9-14(18)19/h3-7H,2,8-9H2,1H3. The van der Waals surface area contributed by atoms with Gasteiger partial charge in [0.05, 0.1) is 18.4 Å². The van der Waals surface area contributed by atoms with Crippen LogP contribution in [0.1, 0.15) is 12.5 Å².